The van der Waals surface area contributed by atoms with Crippen LogP contribution in [0.3, 0.4) is 0 Å². The summed E-state index contributed by atoms with van der Waals surface area (Å²) in [7, 11) is 0. The van der Waals surface area contributed by atoms with Crippen molar-refractivity contribution in [3.8, 4) is 0 Å². The number of nitrogens with zero attached hydrogens (tertiary/aromatic N) is 1. The van der Waals surface area contributed by atoms with Crippen molar-refractivity contribution in [3.63, 3.8) is 0 Å². The fourth-order valence-electron chi connectivity index (χ4n) is 3.07. The lowest BCUT2D eigenvalue weighted by atomic mass is 9.87. The molecule has 0 saturated heterocycles. The lowest BCUT2D eigenvalue weighted by Crippen LogP contribution is -2.39. The monoisotopic (exact) mass is 336 g/mol. The second-order valence-electron chi connectivity index (χ2n) is 6.92. The minimum absolute atomic E-state index is 0.305. The molecular formula is C21H24N2O2. The van der Waals surface area contributed by atoms with Crippen molar-refractivity contribution in [1.29, 1.82) is 0 Å². The molecule has 1 atom stereocenters. The Morgan fingerprint density at radius 1 is 1.08 bits per heavy atom. The molecule has 0 bridgehead atoms. The number of nitrogens with two attached hydrogens (primary N) is 1. The van der Waals surface area contributed by atoms with Crippen molar-refractivity contribution in [2.45, 2.75) is 33.0 Å². The van der Waals surface area contributed by atoms with Crippen molar-refractivity contribution < 1.29 is 9.63 Å². The highest BCUT2D eigenvalue weighted by atomic mass is 16.7. The van der Waals surface area contributed by atoms with Gasteiger partial charge in [-0.15, -0.1) is 0 Å². The molecule has 2 aromatic rings. The second-order valence-corrected chi connectivity index (χ2v) is 6.92. The first-order valence-corrected chi connectivity index (χ1v) is 8.49. The Balaban J connectivity index is 1.87. The minimum Gasteiger partial charge on any atom is -0.326 e. The summed E-state index contributed by atoms with van der Waals surface area (Å²) < 4.78 is 0. The number of carbonyl (C=O) groups is 1. The molecule has 0 fully saturated rings. The Kier molecular flexibility index (Phi) is 5.02. The first kappa shape index (κ1) is 17.4. The SMILES string of the molecule is CC1(C)C=C(c2ccc(CN)cc2)N(OCc2ccccc2)C1C=O. The molecule has 1 heterocycles. The topological polar surface area (TPSA) is 55.6 Å². The maximum Gasteiger partial charge on any atom is 0.145 e. The second kappa shape index (κ2) is 7.21. The van der Waals surface area contributed by atoms with Crippen LogP contribution in [0.4, 0.5) is 0 Å². The fraction of sp³-hybridized carbons (Fsp3) is 0.286. The van der Waals surface area contributed by atoms with E-state index in [1.165, 1.54) is 0 Å². The highest BCUT2D eigenvalue weighted by molar-refractivity contribution is 5.74. The smallest absolute Gasteiger partial charge is 0.145 e. The van der Waals surface area contributed by atoms with Gasteiger partial charge in [-0.2, -0.15) is 0 Å². The molecule has 0 amide bonds. The average Bonchev–Trinajstić information content (AvgIpc) is 2.90. The van der Waals surface area contributed by atoms with E-state index in [1.54, 1.807) is 5.06 Å². The highest BCUT2D eigenvalue weighted by Gasteiger charge is 2.41. The van der Waals surface area contributed by atoms with E-state index in [0.717, 1.165) is 28.7 Å². The summed E-state index contributed by atoms with van der Waals surface area (Å²) in [6, 6.07) is 17.7. The van der Waals surface area contributed by atoms with Crippen LogP contribution in [-0.4, -0.2) is 17.4 Å². The fourth-order valence-corrected chi connectivity index (χ4v) is 3.07. The number of hydrogen-bond donors (Lipinski definition) is 1. The van der Waals surface area contributed by atoms with E-state index in [9.17, 15) is 4.79 Å². The molecule has 1 unspecified atom stereocenters. The molecule has 3 rings (SSSR count). The van der Waals surface area contributed by atoms with Gasteiger partial charge >= 0.3 is 0 Å². The van der Waals surface area contributed by atoms with Crippen LogP contribution in [0, 0.1) is 5.41 Å². The third-order valence-electron chi connectivity index (χ3n) is 4.59. The zero-order valence-electron chi connectivity index (χ0n) is 14.7. The van der Waals surface area contributed by atoms with Crippen LogP contribution in [0.15, 0.2) is 60.7 Å². The van der Waals surface area contributed by atoms with Gasteiger partial charge in [0.05, 0.1) is 12.3 Å². The molecule has 130 valence electrons. The van der Waals surface area contributed by atoms with E-state index in [1.807, 2.05) is 68.4 Å². The molecule has 0 aliphatic carbocycles. The van der Waals surface area contributed by atoms with E-state index in [0.29, 0.717) is 13.2 Å². The molecule has 1 aliphatic heterocycles. The molecule has 1 aliphatic rings. The zero-order valence-corrected chi connectivity index (χ0v) is 14.7. The zero-order chi connectivity index (χ0) is 17.9. The molecular weight excluding hydrogens is 312 g/mol. The lowest BCUT2D eigenvalue weighted by molar-refractivity contribution is -0.161. The van der Waals surface area contributed by atoms with Crippen molar-refractivity contribution in [2.24, 2.45) is 11.1 Å². The Morgan fingerprint density at radius 2 is 1.76 bits per heavy atom. The first-order chi connectivity index (χ1) is 12.0. The Morgan fingerprint density at radius 3 is 2.36 bits per heavy atom. The van der Waals surface area contributed by atoms with E-state index < -0.39 is 0 Å². The number of benzene rings is 2. The molecule has 2 aromatic carbocycles. The normalized spacial score (nSPS) is 18.9. The molecule has 4 heteroatoms. The van der Waals surface area contributed by atoms with Crippen LogP contribution in [0.1, 0.15) is 30.5 Å². The Labute approximate surface area is 148 Å². The highest BCUT2D eigenvalue weighted by Crippen LogP contribution is 2.41. The third-order valence-corrected chi connectivity index (χ3v) is 4.59. The van der Waals surface area contributed by atoms with Crippen LogP contribution in [0.5, 0.6) is 0 Å². The predicted molar refractivity (Wildman–Crippen MR) is 99.0 cm³/mol. The summed E-state index contributed by atoms with van der Waals surface area (Å²) in [4.78, 5) is 17.8. The number of rotatable bonds is 6. The van der Waals surface area contributed by atoms with Crippen LogP contribution in [0.25, 0.3) is 5.70 Å². The number of carbonyl (C=O) groups excluding carboxylic acids is 1. The van der Waals surface area contributed by atoms with Gasteiger partial charge in [-0.05, 0) is 22.8 Å². The lowest BCUT2D eigenvalue weighted by Gasteiger charge is -2.30. The summed E-state index contributed by atoms with van der Waals surface area (Å²) in [5.74, 6) is 0. The molecule has 2 N–H and O–H groups in total. The summed E-state index contributed by atoms with van der Waals surface area (Å²) in [6.45, 7) is 5.02. The van der Waals surface area contributed by atoms with Crippen LogP contribution in [0.2, 0.25) is 0 Å². The number of hydrogen-bond acceptors (Lipinski definition) is 4. The van der Waals surface area contributed by atoms with Crippen molar-refractivity contribution in [3.05, 3.63) is 77.4 Å². The van der Waals surface area contributed by atoms with Crippen molar-refractivity contribution in [1.82, 2.24) is 5.06 Å². The summed E-state index contributed by atoms with van der Waals surface area (Å²) >= 11 is 0. The Bertz CT molecular complexity index is 751. The van der Waals surface area contributed by atoms with Crippen molar-refractivity contribution >= 4 is 12.0 Å². The number of hydroxylamine groups is 2. The average molecular weight is 336 g/mol. The largest absolute Gasteiger partial charge is 0.326 e. The molecule has 25 heavy (non-hydrogen) atoms. The van der Waals surface area contributed by atoms with Gasteiger partial charge in [0.15, 0.2) is 0 Å². The van der Waals surface area contributed by atoms with Gasteiger partial charge in [-0.3, -0.25) is 4.84 Å². The molecule has 0 spiro atoms. The molecule has 0 aromatic heterocycles. The maximum atomic E-state index is 11.8. The van der Waals surface area contributed by atoms with E-state index >= 15 is 0 Å². The van der Waals surface area contributed by atoms with Crippen LogP contribution < -0.4 is 5.73 Å². The molecule has 4 nitrogen and oxygen atoms in total. The maximum absolute atomic E-state index is 11.8. The predicted octanol–water partition coefficient (Wildman–Crippen LogP) is 3.53. The molecule has 0 saturated carbocycles. The quantitative estimate of drug-likeness (QED) is 0.820. The number of aldehydes is 1. The van der Waals surface area contributed by atoms with Crippen LogP contribution in [-0.2, 0) is 22.8 Å². The minimum atomic E-state index is -0.361. The van der Waals surface area contributed by atoms with Gasteiger partial charge in [0.1, 0.15) is 12.3 Å². The summed E-state index contributed by atoms with van der Waals surface area (Å²) in [5, 5.41) is 1.75. The van der Waals surface area contributed by atoms with E-state index in [2.05, 4.69) is 6.08 Å². The molecule has 0 radical (unpaired) electrons. The van der Waals surface area contributed by atoms with Gasteiger partial charge in [0.25, 0.3) is 0 Å². The van der Waals surface area contributed by atoms with Gasteiger partial charge in [-0.1, -0.05) is 68.4 Å². The summed E-state index contributed by atoms with van der Waals surface area (Å²) in [6.07, 6.45) is 3.07. The first-order valence-electron chi connectivity index (χ1n) is 8.49. The van der Waals surface area contributed by atoms with Gasteiger partial charge < -0.3 is 10.5 Å². The van der Waals surface area contributed by atoms with Gasteiger partial charge in [-0.25, -0.2) is 5.06 Å². The third kappa shape index (κ3) is 3.65. The Hall–Kier alpha value is -2.43. The summed E-state index contributed by atoms with van der Waals surface area (Å²) in [5.41, 5.74) is 9.45. The van der Waals surface area contributed by atoms with Gasteiger partial charge in [0.2, 0.25) is 0 Å². The van der Waals surface area contributed by atoms with Crippen molar-refractivity contribution in [2.75, 3.05) is 0 Å². The van der Waals surface area contributed by atoms with E-state index in [4.69, 9.17) is 10.6 Å². The van der Waals surface area contributed by atoms with Gasteiger partial charge in [0, 0.05) is 12.0 Å². The standard InChI is InChI=1S/C21H24N2O2/c1-21(2)12-19(18-10-8-16(13-22)9-11-18)23(20(21)14-24)25-15-17-6-4-3-5-7-17/h3-12,14,20H,13,15,22H2,1-2H3. The van der Waals surface area contributed by atoms with Crippen LogP contribution >= 0.6 is 0 Å². The van der Waals surface area contributed by atoms with E-state index in [-0.39, 0.29) is 11.5 Å².